The number of carbonyl (C=O) groups is 1. The maximum absolute atomic E-state index is 14.0. The Morgan fingerprint density at radius 1 is 1.12 bits per heavy atom. The van der Waals surface area contributed by atoms with Crippen LogP contribution in [-0.2, 0) is 13.0 Å². The van der Waals surface area contributed by atoms with Gasteiger partial charge in [-0.2, -0.15) is 0 Å². The molecule has 7 heteroatoms. The Morgan fingerprint density at radius 3 is 2.38 bits per heavy atom. The third-order valence-corrected chi connectivity index (χ3v) is 5.61. The number of amides is 1. The molecule has 0 fully saturated rings. The third kappa shape index (κ3) is 5.71. The van der Waals surface area contributed by atoms with E-state index < -0.39 is 12.3 Å². The van der Waals surface area contributed by atoms with Crippen LogP contribution in [0.3, 0.4) is 0 Å². The Morgan fingerprint density at radius 2 is 1.76 bits per heavy atom. The molecule has 0 aliphatic rings. The van der Waals surface area contributed by atoms with E-state index in [4.69, 9.17) is 4.98 Å². The van der Waals surface area contributed by atoms with Crippen LogP contribution in [0.4, 0.5) is 14.6 Å². The van der Waals surface area contributed by atoms with Crippen LogP contribution in [0.5, 0.6) is 0 Å². The average Bonchev–Trinajstić information content (AvgIpc) is 3.17. The molecule has 0 aliphatic carbocycles. The molecule has 5 nitrogen and oxygen atoms in total. The number of aromatic nitrogens is 2. The van der Waals surface area contributed by atoms with Gasteiger partial charge in [-0.05, 0) is 30.7 Å². The van der Waals surface area contributed by atoms with Gasteiger partial charge in [-0.3, -0.25) is 4.79 Å². The van der Waals surface area contributed by atoms with Crippen molar-refractivity contribution >= 4 is 11.7 Å². The smallest absolute Gasteiger partial charge is 0.274 e. The summed E-state index contributed by atoms with van der Waals surface area (Å²) in [5, 5.41) is 0. The Balaban J connectivity index is 2.30. The molecule has 3 rings (SSSR count). The minimum atomic E-state index is -2.88. The predicted octanol–water partition coefficient (Wildman–Crippen LogP) is 5.86. The lowest BCUT2D eigenvalue weighted by Gasteiger charge is -2.21. The molecule has 0 bridgehead atoms. The van der Waals surface area contributed by atoms with Crippen molar-refractivity contribution in [1.29, 1.82) is 0 Å². The lowest BCUT2D eigenvalue weighted by atomic mass is 10.0. The molecule has 0 saturated heterocycles. The van der Waals surface area contributed by atoms with E-state index >= 15 is 0 Å². The molecule has 0 radical (unpaired) electrons. The van der Waals surface area contributed by atoms with Gasteiger partial charge in [0.05, 0.1) is 0 Å². The van der Waals surface area contributed by atoms with E-state index in [9.17, 15) is 13.6 Å². The third-order valence-electron chi connectivity index (χ3n) is 5.61. The van der Waals surface area contributed by atoms with Gasteiger partial charge in [0, 0.05) is 39.2 Å². The fraction of sp³-hybridized carbons (Fsp3) is 0.333. The summed E-state index contributed by atoms with van der Waals surface area (Å²) >= 11 is 0. The standard InChI is InChI=1S/C27H32F2N4O/c1-6-17-32(5)26(34)23-25(31(4)7-2)30-24(33(23)19-20-13-9-8-10-14-20)22-16-12-11-15-21(22)18-27(3,28)29/h7-16H,2,6,17-19H2,1,3-5H3. The zero-order chi connectivity index (χ0) is 24.9. The normalized spacial score (nSPS) is 11.4. The molecule has 34 heavy (non-hydrogen) atoms. The molecule has 0 N–H and O–H groups in total. The molecule has 0 aliphatic heterocycles. The lowest BCUT2D eigenvalue weighted by molar-refractivity contribution is 0.0227. The van der Waals surface area contributed by atoms with Crippen molar-refractivity contribution in [3.63, 3.8) is 0 Å². The molecule has 0 spiro atoms. The second-order valence-electron chi connectivity index (χ2n) is 8.60. The summed E-state index contributed by atoms with van der Waals surface area (Å²) in [6.07, 6.45) is 1.97. The summed E-state index contributed by atoms with van der Waals surface area (Å²) in [6.45, 7) is 7.70. The number of carbonyl (C=O) groups excluding carboxylic acids is 1. The summed E-state index contributed by atoms with van der Waals surface area (Å²) < 4.78 is 29.9. The monoisotopic (exact) mass is 466 g/mol. The fourth-order valence-electron chi connectivity index (χ4n) is 3.95. The van der Waals surface area contributed by atoms with Crippen molar-refractivity contribution in [3.8, 4) is 11.4 Å². The summed E-state index contributed by atoms with van der Waals surface area (Å²) in [6, 6.07) is 16.7. The van der Waals surface area contributed by atoms with Crippen molar-refractivity contribution in [1.82, 2.24) is 14.5 Å². The van der Waals surface area contributed by atoms with E-state index in [0.29, 0.717) is 41.6 Å². The molecule has 0 unspecified atom stereocenters. The van der Waals surface area contributed by atoms with E-state index in [1.54, 1.807) is 54.4 Å². The zero-order valence-corrected chi connectivity index (χ0v) is 20.3. The molecule has 0 atom stereocenters. The summed E-state index contributed by atoms with van der Waals surface area (Å²) in [5.74, 6) is -2.15. The average molecular weight is 467 g/mol. The van der Waals surface area contributed by atoms with Crippen LogP contribution < -0.4 is 4.90 Å². The molecular formula is C27H32F2N4O. The van der Waals surface area contributed by atoms with Gasteiger partial charge >= 0.3 is 0 Å². The largest absolute Gasteiger partial charge is 0.340 e. The minimum absolute atomic E-state index is 0.182. The molecule has 1 heterocycles. The first-order chi connectivity index (χ1) is 16.2. The Kier molecular flexibility index (Phi) is 7.87. The number of hydrogen-bond donors (Lipinski definition) is 0. The van der Waals surface area contributed by atoms with Crippen molar-refractivity contribution < 1.29 is 13.6 Å². The SMILES string of the molecule is C=CN(C)c1nc(-c2ccccc2CC(C)(F)F)n(Cc2ccccc2)c1C(=O)N(C)CCC. The van der Waals surface area contributed by atoms with Crippen LogP contribution in [0.2, 0.25) is 0 Å². The first kappa shape index (κ1) is 25.1. The van der Waals surface area contributed by atoms with Crippen molar-refractivity contribution in [2.75, 3.05) is 25.5 Å². The Labute approximate surface area is 200 Å². The highest BCUT2D eigenvalue weighted by molar-refractivity contribution is 5.98. The Bertz CT molecular complexity index is 1140. The predicted molar refractivity (Wildman–Crippen MR) is 133 cm³/mol. The Hall–Kier alpha value is -3.48. The topological polar surface area (TPSA) is 41.4 Å². The van der Waals surface area contributed by atoms with E-state index in [1.807, 2.05) is 41.8 Å². The maximum atomic E-state index is 14.0. The highest BCUT2D eigenvalue weighted by Gasteiger charge is 2.30. The second kappa shape index (κ2) is 10.6. The van der Waals surface area contributed by atoms with Crippen LogP contribution in [0.25, 0.3) is 11.4 Å². The first-order valence-electron chi connectivity index (χ1n) is 11.4. The lowest BCUT2D eigenvalue weighted by Crippen LogP contribution is -2.31. The molecule has 0 saturated carbocycles. The quantitative estimate of drug-likeness (QED) is 0.376. The number of anilines is 1. The number of halogens is 2. The number of rotatable bonds is 10. The van der Waals surface area contributed by atoms with Gasteiger partial charge in [0.1, 0.15) is 5.82 Å². The van der Waals surface area contributed by atoms with Gasteiger partial charge in [0.15, 0.2) is 11.5 Å². The van der Waals surface area contributed by atoms with Gasteiger partial charge in [-0.1, -0.05) is 68.1 Å². The number of benzene rings is 2. The van der Waals surface area contributed by atoms with E-state index in [-0.39, 0.29) is 5.91 Å². The van der Waals surface area contributed by atoms with E-state index in [0.717, 1.165) is 18.9 Å². The highest BCUT2D eigenvalue weighted by atomic mass is 19.3. The van der Waals surface area contributed by atoms with E-state index in [2.05, 4.69) is 6.58 Å². The van der Waals surface area contributed by atoms with Gasteiger partial charge in [-0.15, -0.1) is 0 Å². The van der Waals surface area contributed by atoms with Crippen LogP contribution in [0.15, 0.2) is 67.4 Å². The van der Waals surface area contributed by atoms with Crippen molar-refractivity contribution in [3.05, 3.63) is 84.2 Å². The summed E-state index contributed by atoms with van der Waals surface area (Å²) in [5.41, 5.74) is 2.42. The minimum Gasteiger partial charge on any atom is -0.340 e. The second-order valence-corrected chi connectivity index (χ2v) is 8.60. The van der Waals surface area contributed by atoms with Crippen LogP contribution in [-0.4, -0.2) is 46.9 Å². The summed E-state index contributed by atoms with van der Waals surface area (Å²) in [7, 11) is 3.53. The number of hydrogen-bond acceptors (Lipinski definition) is 3. The molecule has 1 aromatic heterocycles. The van der Waals surface area contributed by atoms with Crippen LogP contribution >= 0.6 is 0 Å². The van der Waals surface area contributed by atoms with Crippen LogP contribution in [0.1, 0.15) is 41.9 Å². The van der Waals surface area contributed by atoms with Crippen LogP contribution in [0, 0.1) is 0 Å². The van der Waals surface area contributed by atoms with Gasteiger partial charge in [-0.25, -0.2) is 13.8 Å². The number of nitrogens with zero attached hydrogens (tertiary/aromatic N) is 4. The number of imidazole rings is 1. The van der Waals surface area contributed by atoms with Gasteiger partial charge in [0.2, 0.25) is 5.92 Å². The zero-order valence-electron chi connectivity index (χ0n) is 20.3. The fourth-order valence-corrected chi connectivity index (χ4v) is 3.95. The van der Waals surface area contributed by atoms with Gasteiger partial charge in [0.25, 0.3) is 5.91 Å². The van der Waals surface area contributed by atoms with E-state index in [1.165, 1.54) is 0 Å². The molecule has 2 aromatic carbocycles. The molecule has 1 amide bonds. The van der Waals surface area contributed by atoms with Crippen molar-refractivity contribution in [2.45, 2.75) is 39.2 Å². The molecular weight excluding hydrogens is 434 g/mol. The number of alkyl halides is 2. The molecule has 180 valence electrons. The van der Waals surface area contributed by atoms with Gasteiger partial charge < -0.3 is 14.4 Å². The highest BCUT2D eigenvalue weighted by Crippen LogP contribution is 2.33. The van der Waals surface area contributed by atoms with Crippen molar-refractivity contribution in [2.24, 2.45) is 0 Å². The molecule has 3 aromatic rings. The summed E-state index contributed by atoms with van der Waals surface area (Å²) in [4.78, 5) is 21.8. The maximum Gasteiger partial charge on any atom is 0.274 e. The first-order valence-corrected chi connectivity index (χ1v) is 11.4.